The molecule has 1 atom stereocenters. The average molecular weight is 382 g/mol. The fourth-order valence-corrected chi connectivity index (χ4v) is 4.33. The second-order valence-corrected chi connectivity index (χ2v) is 7.80. The Kier molecular flexibility index (Phi) is 5.36. The van der Waals surface area contributed by atoms with Crippen molar-refractivity contribution in [2.75, 3.05) is 26.7 Å². The Morgan fingerprint density at radius 1 is 1.14 bits per heavy atom. The molecule has 1 aliphatic carbocycles. The van der Waals surface area contributed by atoms with Crippen molar-refractivity contribution in [2.45, 2.75) is 37.1 Å². The number of likely N-dealkylation sites (tertiary alicyclic amines) is 1. The molecule has 5 heteroatoms. The van der Waals surface area contributed by atoms with Crippen LogP contribution >= 0.6 is 0 Å². The Morgan fingerprint density at radius 3 is 2.46 bits per heavy atom. The van der Waals surface area contributed by atoms with Crippen LogP contribution in [-0.2, 0) is 10.2 Å². The number of amides is 1. The highest BCUT2D eigenvalue weighted by Gasteiger charge is 2.51. The second kappa shape index (κ2) is 7.92. The third-order valence-electron chi connectivity index (χ3n) is 6.12. The molecule has 1 saturated carbocycles. The number of carbonyl (C=O) groups excluding carboxylic acids is 1. The maximum atomic E-state index is 13.3. The van der Waals surface area contributed by atoms with Gasteiger partial charge in [0, 0.05) is 12.1 Å². The van der Waals surface area contributed by atoms with Crippen LogP contribution < -0.4 is 10.1 Å². The molecular formula is C23H27FN2O2. The summed E-state index contributed by atoms with van der Waals surface area (Å²) in [5.74, 6) is 0.622. The molecular weight excluding hydrogens is 355 g/mol. The molecule has 1 amide bonds. The van der Waals surface area contributed by atoms with Crippen LogP contribution in [0.25, 0.3) is 0 Å². The molecule has 2 fully saturated rings. The summed E-state index contributed by atoms with van der Waals surface area (Å²) in [6.45, 7) is 2.60. The van der Waals surface area contributed by atoms with Crippen LogP contribution in [0.1, 0.15) is 42.9 Å². The van der Waals surface area contributed by atoms with E-state index in [4.69, 9.17) is 4.74 Å². The highest BCUT2D eigenvalue weighted by molar-refractivity contribution is 5.91. The van der Waals surface area contributed by atoms with Gasteiger partial charge in [-0.25, -0.2) is 4.39 Å². The molecule has 2 aliphatic rings. The summed E-state index contributed by atoms with van der Waals surface area (Å²) in [6, 6.07) is 14.5. The maximum Gasteiger partial charge on any atom is 0.230 e. The van der Waals surface area contributed by atoms with Crippen LogP contribution in [0.4, 0.5) is 4.39 Å². The van der Waals surface area contributed by atoms with Crippen LogP contribution in [-0.4, -0.2) is 37.6 Å². The zero-order chi connectivity index (χ0) is 19.6. The molecule has 1 heterocycles. The Bertz CT molecular complexity index is 827. The first-order valence-electron chi connectivity index (χ1n) is 10.1. The molecule has 2 aromatic rings. The van der Waals surface area contributed by atoms with Crippen molar-refractivity contribution in [3.05, 3.63) is 65.5 Å². The molecule has 0 radical (unpaired) electrons. The quantitative estimate of drug-likeness (QED) is 0.792. The lowest BCUT2D eigenvalue weighted by atomic mass is 9.94. The Balaban J connectivity index is 1.51. The molecule has 1 aliphatic heterocycles. The van der Waals surface area contributed by atoms with E-state index >= 15 is 0 Å². The van der Waals surface area contributed by atoms with Gasteiger partial charge in [-0.15, -0.1) is 0 Å². The first-order valence-corrected chi connectivity index (χ1v) is 10.1. The average Bonchev–Trinajstić information content (AvgIpc) is 3.36. The van der Waals surface area contributed by atoms with Gasteiger partial charge in [0.2, 0.25) is 5.91 Å². The summed E-state index contributed by atoms with van der Waals surface area (Å²) in [7, 11) is 1.69. The number of benzene rings is 2. The highest BCUT2D eigenvalue weighted by atomic mass is 19.1. The number of rotatable bonds is 7. The molecule has 148 valence electrons. The van der Waals surface area contributed by atoms with E-state index in [9.17, 15) is 9.18 Å². The van der Waals surface area contributed by atoms with Gasteiger partial charge in [-0.3, -0.25) is 9.69 Å². The van der Waals surface area contributed by atoms with E-state index in [1.54, 1.807) is 19.2 Å². The molecule has 0 bridgehead atoms. The molecule has 1 unspecified atom stereocenters. The van der Waals surface area contributed by atoms with Crippen LogP contribution in [0.5, 0.6) is 5.75 Å². The topological polar surface area (TPSA) is 41.6 Å². The lowest BCUT2D eigenvalue weighted by molar-refractivity contribution is -0.123. The van der Waals surface area contributed by atoms with Crippen LogP contribution in [0, 0.1) is 5.82 Å². The second-order valence-electron chi connectivity index (χ2n) is 7.80. The number of methoxy groups -OCH3 is 1. The van der Waals surface area contributed by atoms with E-state index in [2.05, 4.69) is 16.3 Å². The molecule has 1 N–H and O–H groups in total. The molecule has 1 saturated heterocycles. The minimum absolute atomic E-state index is 0.0400. The summed E-state index contributed by atoms with van der Waals surface area (Å²) >= 11 is 0. The number of hydrogen-bond acceptors (Lipinski definition) is 3. The fourth-order valence-electron chi connectivity index (χ4n) is 4.33. The SMILES string of the molecule is COc1ccccc1C(CNC(=O)C1(c2ccc(F)cc2)CC1)N1CCCC1. The Hall–Kier alpha value is -2.40. The first-order chi connectivity index (χ1) is 13.6. The van der Waals surface area contributed by atoms with E-state index in [0.717, 1.165) is 42.8 Å². The van der Waals surface area contributed by atoms with Gasteiger partial charge in [-0.2, -0.15) is 0 Å². The maximum absolute atomic E-state index is 13.3. The number of para-hydroxylation sites is 1. The smallest absolute Gasteiger partial charge is 0.230 e. The molecule has 4 rings (SSSR count). The number of nitrogens with one attached hydrogen (secondary N) is 1. The van der Waals surface area contributed by atoms with Gasteiger partial charge >= 0.3 is 0 Å². The van der Waals surface area contributed by atoms with Gasteiger partial charge < -0.3 is 10.1 Å². The van der Waals surface area contributed by atoms with Crippen molar-refractivity contribution in [1.82, 2.24) is 10.2 Å². The summed E-state index contributed by atoms with van der Waals surface area (Å²) in [6.07, 6.45) is 3.99. The minimum atomic E-state index is -0.496. The monoisotopic (exact) mass is 382 g/mol. The summed E-state index contributed by atoms with van der Waals surface area (Å²) in [5.41, 5.74) is 1.52. The minimum Gasteiger partial charge on any atom is -0.496 e. The molecule has 2 aromatic carbocycles. The van der Waals surface area contributed by atoms with Gasteiger partial charge in [0.05, 0.1) is 18.6 Å². The number of halogens is 1. The molecule has 0 aromatic heterocycles. The van der Waals surface area contributed by atoms with Crippen molar-refractivity contribution < 1.29 is 13.9 Å². The number of carbonyl (C=O) groups is 1. The lowest BCUT2D eigenvalue weighted by Crippen LogP contribution is -2.41. The normalized spacial score (nSPS) is 19.2. The van der Waals surface area contributed by atoms with Crippen molar-refractivity contribution in [3.8, 4) is 5.75 Å². The van der Waals surface area contributed by atoms with Gasteiger partial charge in [0.15, 0.2) is 0 Å². The van der Waals surface area contributed by atoms with Gasteiger partial charge in [0.25, 0.3) is 0 Å². The van der Waals surface area contributed by atoms with E-state index in [1.807, 2.05) is 18.2 Å². The van der Waals surface area contributed by atoms with E-state index < -0.39 is 5.41 Å². The van der Waals surface area contributed by atoms with Crippen LogP contribution in [0.15, 0.2) is 48.5 Å². The third kappa shape index (κ3) is 3.63. The van der Waals surface area contributed by atoms with Crippen molar-refractivity contribution >= 4 is 5.91 Å². The van der Waals surface area contributed by atoms with Gasteiger partial charge in [-0.1, -0.05) is 30.3 Å². The Morgan fingerprint density at radius 2 is 1.82 bits per heavy atom. The highest BCUT2D eigenvalue weighted by Crippen LogP contribution is 2.48. The van der Waals surface area contributed by atoms with Gasteiger partial charge in [-0.05, 0) is 62.5 Å². The van der Waals surface area contributed by atoms with Crippen molar-refractivity contribution in [1.29, 1.82) is 0 Å². The summed E-state index contributed by atoms with van der Waals surface area (Å²) in [4.78, 5) is 15.5. The van der Waals surface area contributed by atoms with E-state index in [1.165, 1.54) is 25.0 Å². The van der Waals surface area contributed by atoms with Crippen LogP contribution in [0.2, 0.25) is 0 Å². The standard InChI is InChI=1S/C23H27FN2O2/c1-28-21-7-3-2-6-19(21)20(26-14-4-5-15-26)16-25-22(27)23(12-13-23)17-8-10-18(24)11-9-17/h2-3,6-11,20H,4-5,12-16H2,1H3,(H,25,27). The summed E-state index contributed by atoms with van der Waals surface area (Å²) in [5, 5.41) is 3.20. The Labute approximate surface area is 165 Å². The predicted octanol–water partition coefficient (Wildman–Crippen LogP) is 3.82. The van der Waals surface area contributed by atoms with Crippen molar-refractivity contribution in [3.63, 3.8) is 0 Å². The zero-order valence-corrected chi connectivity index (χ0v) is 16.3. The molecule has 4 nitrogen and oxygen atoms in total. The zero-order valence-electron chi connectivity index (χ0n) is 16.3. The van der Waals surface area contributed by atoms with Crippen LogP contribution in [0.3, 0.4) is 0 Å². The summed E-state index contributed by atoms with van der Waals surface area (Å²) < 4.78 is 18.8. The lowest BCUT2D eigenvalue weighted by Gasteiger charge is -2.30. The number of hydrogen-bond donors (Lipinski definition) is 1. The van der Waals surface area contributed by atoms with Crippen molar-refractivity contribution in [2.24, 2.45) is 0 Å². The number of nitrogens with zero attached hydrogens (tertiary/aromatic N) is 1. The predicted molar refractivity (Wildman–Crippen MR) is 107 cm³/mol. The fraction of sp³-hybridized carbons (Fsp3) is 0.435. The largest absolute Gasteiger partial charge is 0.496 e. The first kappa shape index (κ1) is 18.9. The third-order valence-corrected chi connectivity index (χ3v) is 6.12. The number of ether oxygens (including phenoxy) is 1. The van der Waals surface area contributed by atoms with E-state index in [-0.39, 0.29) is 17.8 Å². The van der Waals surface area contributed by atoms with E-state index in [0.29, 0.717) is 6.54 Å². The molecule has 0 spiro atoms. The van der Waals surface area contributed by atoms with Gasteiger partial charge in [0.1, 0.15) is 11.6 Å². The molecule has 28 heavy (non-hydrogen) atoms.